The third kappa shape index (κ3) is 3.13. The number of carbonyl (C=O) groups is 1. The predicted octanol–water partition coefficient (Wildman–Crippen LogP) is 3.88. The monoisotopic (exact) mass is 371 g/mol. The molecule has 0 saturated heterocycles. The molecule has 0 saturated carbocycles. The lowest BCUT2D eigenvalue weighted by Crippen LogP contribution is -2.21. The Hall–Kier alpha value is -3.54. The van der Waals surface area contributed by atoms with Crippen LogP contribution in [0.15, 0.2) is 61.1 Å². The molecule has 0 aliphatic carbocycles. The minimum absolute atomic E-state index is 0.00272. The van der Waals surface area contributed by atoms with Crippen molar-refractivity contribution in [3.05, 3.63) is 66.6 Å². The summed E-state index contributed by atoms with van der Waals surface area (Å²) in [4.78, 5) is 18.2. The van der Waals surface area contributed by atoms with Crippen molar-refractivity contribution in [1.82, 2.24) is 24.6 Å². The van der Waals surface area contributed by atoms with Gasteiger partial charge in [-0.15, -0.1) is 5.10 Å². The smallest absolute Gasteiger partial charge is 0.253 e. The standard InChI is InChI=1S/C22H21N5O/c1-4-27-14-23-20-19(13-24-25-21(20)27)18-7-5-6-17(12-18)15-8-10-16(11-9-15)22(28)26(2)3/h5-14H,4H2,1-3H3. The molecular weight excluding hydrogens is 350 g/mol. The number of carbonyl (C=O) groups excluding carboxylic acids is 1. The van der Waals surface area contributed by atoms with E-state index >= 15 is 0 Å². The highest BCUT2D eigenvalue weighted by Gasteiger charge is 2.12. The van der Waals surface area contributed by atoms with Crippen molar-refractivity contribution in [1.29, 1.82) is 0 Å². The molecule has 2 aromatic carbocycles. The third-order valence-electron chi connectivity index (χ3n) is 4.79. The van der Waals surface area contributed by atoms with E-state index in [1.807, 2.05) is 34.9 Å². The Morgan fingerprint density at radius 2 is 1.79 bits per heavy atom. The van der Waals surface area contributed by atoms with Gasteiger partial charge in [0.1, 0.15) is 5.52 Å². The molecule has 6 nitrogen and oxygen atoms in total. The van der Waals surface area contributed by atoms with E-state index in [0.29, 0.717) is 5.56 Å². The molecule has 0 fully saturated rings. The Labute approximate surface area is 163 Å². The number of imidazole rings is 1. The minimum atomic E-state index is -0.00272. The summed E-state index contributed by atoms with van der Waals surface area (Å²) in [6.07, 6.45) is 3.56. The van der Waals surface area contributed by atoms with Crippen LogP contribution in [0.3, 0.4) is 0 Å². The van der Waals surface area contributed by atoms with Crippen LogP contribution < -0.4 is 0 Å². The molecule has 4 aromatic rings. The second kappa shape index (κ2) is 7.23. The highest BCUT2D eigenvalue weighted by atomic mass is 16.2. The van der Waals surface area contributed by atoms with Gasteiger partial charge in [0.2, 0.25) is 0 Å². The van der Waals surface area contributed by atoms with Crippen LogP contribution in [-0.2, 0) is 6.54 Å². The molecule has 0 spiro atoms. The minimum Gasteiger partial charge on any atom is -0.345 e. The molecule has 28 heavy (non-hydrogen) atoms. The fourth-order valence-electron chi connectivity index (χ4n) is 3.25. The molecule has 2 heterocycles. The van der Waals surface area contributed by atoms with E-state index in [0.717, 1.165) is 40.0 Å². The Kier molecular flexibility index (Phi) is 4.61. The second-order valence-electron chi connectivity index (χ2n) is 6.82. The average molecular weight is 371 g/mol. The molecule has 0 N–H and O–H groups in total. The molecule has 0 bridgehead atoms. The summed E-state index contributed by atoms with van der Waals surface area (Å²) in [5.41, 5.74) is 6.43. The molecule has 0 unspecified atom stereocenters. The summed E-state index contributed by atoms with van der Waals surface area (Å²) in [5.74, 6) is -0.00272. The summed E-state index contributed by atoms with van der Waals surface area (Å²) in [7, 11) is 3.51. The number of hydrogen-bond acceptors (Lipinski definition) is 4. The summed E-state index contributed by atoms with van der Waals surface area (Å²) < 4.78 is 1.98. The lowest BCUT2D eigenvalue weighted by Gasteiger charge is -2.11. The summed E-state index contributed by atoms with van der Waals surface area (Å²) in [5, 5.41) is 8.40. The number of aryl methyl sites for hydroxylation is 1. The molecule has 0 aliphatic rings. The van der Waals surface area contributed by atoms with E-state index in [1.165, 1.54) is 0 Å². The zero-order valence-corrected chi connectivity index (χ0v) is 16.1. The predicted molar refractivity (Wildman–Crippen MR) is 110 cm³/mol. The van der Waals surface area contributed by atoms with Gasteiger partial charge in [-0.25, -0.2) is 4.98 Å². The van der Waals surface area contributed by atoms with Gasteiger partial charge in [0, 0.05) is 31.8 Å². The molecule has 6 heteroatoms. The Bertz CT molecular complexity index is 1150. The second-order valence-corrected chi connectivity index (χ2v) is 6.82. The van der Waals surface area contributed by atoms with Crippen LogP contribution in [0.4, 0.5) is 0 Å². The van der Waals surface area contributed by atoms with E-state index in [1.54, 1.807) is 31.5 Å². The molecule has 0 atom stereocenters. The van der Waals surface area contributed by atoms with Crippen molar-refractivity contribution in [2.75, 3.05) is 14.1 Å². The van der Waals surface area contributed by atoms with E-state index in [4.69, 9.17) is 0 Å². The first-order valence-corrected chi connectivity index (χ1v) is 9.17. The van der Waals surface area contributed by atoms with Crippen LogP contribution >= 0.6 is 0 Å². The van der Waals surface area contributed by atoms with Crippen LogP contribution in [0.2, 0.25) is 0 Å². The van der Waals surface area contributed by atoms with Crippen molar-refractivity contribution >= 4 is 17.1 Å². The fourth-order valence-corrected chi connectivity index (χ4v) is 3.25. The van der Waals surface area contributed by atoms with Gasteiger partial charge < -0.3 is 9.47 Å². The van der Waals surface area contributed by atoms with Gasteiger partial charge in [-0.05, 0) is 41.8 Å². The van der Waals surface area contributed by atoms with Gasteiger partial charge in [0.15, 0.2) is 5.65 Å². The van der Waals surface area contributed by atoms with Crippen molar-refractivity contribution < 1.29 is 4.79 Å². The average Bonchev–Trinajstić information content (AvgIpc) is 3.16. The number of amides is 1. The molecule has 1 amide bonds. The van der Waals surface area contributed by atoms with Crippen molar-refractivity contribution in [3.63, 3.8) is 0 Å². The van der Waals surface area contributed by atoms with Crippen molar-refractivity contribution in [3.8, 4) is 22.3 Å². The topological polar surface area (TPSA) is 63.9 Å². The number of fused-ring (bicyclic) bond motifs is 1. The highest BCUT2D eigenvalue weighted by molar-refractivity contribution is 5.94. The zero-order valence-electron chi connectivity index (χ0n) is 16.1. The van der Waals surface area contributed by atoms with E-state index in [-0.39, 0.29) is 5.91 Å². The van der Waals surface area contributed by atoms with Gasteiger partial charge in [-0.1, -0.05) is 30.3 Å². The molecule has 140 valence electrons. The number of nitrogens with zero attached hydrogens (tertiary/aromatic N) is 5. The van der Waals surface area contributed by atoms with Crippen LogP contribution in [0.1, 0.15) is 17.3 Å². The Morgan fingerprint density at radius 3 is 2.50 bits per heavy atom. The van der Waals surface area contributed by atoms with Crippen molar-refractivity contribution in [2.45, 2.75) is 13.5 Å². The lowest BCUT2D eigenvalue weighted by molar-refractivity contribution is 0.0827. The summed E-state index contributed by atoms with van der Waals surface area (Å²) in [6.45, 7) is 2.85. The van der Waals surface area contributed by atoms with Gasteiger partial charge in [-0.2, -0.15) is 5.10 Å². The first-order valence-electron chi connectivity index (χ1n) is 9.17. The highest BCUT2D eigenvalue weighted by Crippen LogP contribution is 2.29. The van der Waals surface area contributed by atoms with Gasteiger partial charge in [0.05, 0.1) is 12.5 Å². The quantitative estimate of drug-likeness (QED) is 0.546. The van der Waals surface area contributed by atoms with Gasteiger partial charge in [0.25, 0.3) is 5.91 Å². The first-order chi connectivity index (χ1) is 13.6. The van der Waals surface area contributed by atoms with Crippen LogP contribution in [0.25, 0.3) is 33.4 Å². The van der Waals surface area contributed by atoms with E-state index in [2.05, 4.69) is 40.3 Å². The number of benzene rings is 2. The SMILES string of the molecule is CCn1cnc2c(-c3cccc(-c4ccc(C(=O)N(C)C)cc4)c3)cnnc21. The number of rotatable bonds is 4. The maximum Gasteiger partial charge on any atom is 0.253 e. The van der Waals surface area contributed by atoms with Crippen LogP contribution in [0, 0.1) is 0 Å². The maximum absolute atomic E-state index is 12.1. The Morgan fingerprint density at radius 1 is 1.04 bits per heavy atom. The normalized spacial score (nSPS) is 11.0. The van der Waals surface area contributed by atoms with Gasteiger partial charge in [-0.3, -0.25) is 4.79 Å². The molecule has 0 radical (unpaired) electrons. The van der Waals surface area contributed by atoms with E-state index in [9.17, 15) is 4.79 Å². The summed E-state index contributed by atoms with van der Waals surface area (Å²) >= 11 is 0. The molecular formula is C22H21N5O. The van der Waals surface area contributed by atoms with Crippen LogP contribution in [0.5, 0.6) is 0 Å². The summed E-state index contributed by atoms with van der Waals surface area (Å²) in [6, 6.07) is 15.9. The van der Waals surface area contributed by atoms with Crippen molar-refractivity contribution in [2.24, 2.45) is 0 Å². The Balaban J connectivity index is 1.73. The molecule has 2 aromatic heterocycles. The zero-order chi connectivity index (χ0) is 19.7. The largest absolute Gasteiger partial charge is 0.345 e. The molecule has 0 aliphatic heterocycles. The maximum atomic E-state index is 12.1. The number of aromatic nitrogens is 4. The third-order valence-corrected chi connectivity index (χ3v) is 4.79. The molecule has 4 rings (SSSR count). The lowest BCUT2D eigenvalue weighted by atomic mass is 9.99. The number of hydrogen-bond donors (Lipinski definition) is 0. The van der Waals surface area contributed by atoms with E-state index < -0.39 is 0 Å². The first kappa shape index (κ1) is 17.9. The van der Waals surface area contributed by atoms with Crippen LogP contribution in [-0.4, -0.2) is 44.7 Å². The fraction of sp³-hybridized carbons (Fsp3) is 0.182. The van der Waals surface area contributed by atoms with Gasteiger partial charge >= 0.3 is 0 Å².